The Balaban J connectivity index is 1.36. The van der Waals surface area contributed by atoms with Crippen LogP contribution >= 0.6 is 0 Å². The van der Waals surface area contributed by atoms with Crippen LogP contribution in [0.4, 0.5) is 5.82 Å². The fourth-order valence-electron chi connectivity index (χ4n) is 2.96. The fourth-order valence-corrected chi connectivity index (χ4v) is 2.96. The van der Waals surface area contributed by atoms with Gasteiger partial charge in [-0.25, -0.2) is 9.97 Å². The molecule has 3 heterocycles. The normalized spacial score (nSPS) is 17.1. The summed E-state index contributed by atoms with van der Waals surface area (Å²) in [5.41, 5.74) is 1.97. The number of anilines is 1. The molecule has 7 nitrogen and oxygen atoms in total. The van der Waals surface area contributed by atoms with Gasteiger partial charge in [0.1, 0.15) is 24.5 Å². The lowest BCUT2D eigenvalue weighted by atomic mass is 10.2. The summed E-state index contributed by atoms with van der Waals surface area (Å²) in [5.74, 6) is 1.66. The summed E-state index contributed by atoms with van der Waals surface area (Å²) < 4.78 is 13.1. The number of aromatic nitrogens is 4. The zero-order valence-corrected chi connectivity index (χ0v) is 14.2. The Morgan fingerprint density at radius 2 is 2.16 bits per heavy atom. The highest BCUT2D eigenvalue weighted by Crippen LogP contribution is 2.20. The highest BCUT2D eigenvalue weighted by Gasteiger charge is 2.15. The van der Waals surface area contributed by atoms with Crippen molar-refractivity contribution in [3.63, 3.8) is 0 Å². The quantitative estimate of drug-likeness (QED) is 0.744. The minimum Gasteiger partial charge on any atom is -0.491 e. The summed E-state index contributed by atoms with van der Waals surface area (Å²) in [6, 6.07) is 8.09. The van der Waals surface area contributed by atoms with Crippen LogP contribution in [0.1, 0.15) is 18.4 Å². The van der Waals surface area contributed by atoms with Crippen LogP contribution in [0.15, 0.2) is 36.8 Å². The van der Waals surface area contributed by atoms with Crippen molar-refractivity contribution in [3.05, 3.63) is 42.4 Å². The van der Waals surface area contributed by atoms with Gasteiger partial charge < -0.3 is 14.8 Å². The van der Waals surface area contributed by atoms with E-state index >= 15 is 0 Å². The first kappa shape index (κ1) is 15.8. The number of nitrogens with one attached hydrogen (secondary N) is 1. The minimum absolute atomic E-state index is 0.237. The molecule has 0 amide bonds. The van der Waals surface area contributed by atoms with Gasteiger partial charge in [-0.2, -0.15) is 5.10 Å². The van der Waals surface area contributed by atoms with E-state index in [-0.39, 0.29) is 6.10 Å². The topological polar surface area (TPSA) is 74.1 Å². The van der Waals surface area contributed by atoms with Gasteiger partial charge in [-0.3, -0.25) is 4.68 Å². The number of hydrogen-bond donors (Lipinski definition) is 1. The molecule has 1 atom stereocenters. The van der Waals surface area contributed by atoms with Crippen molar-refractivity contribution in [2.24, 2.45) is 7.05 Å². The lowest BCUT2D eigenvalue weighted by molar-refractivity contribution is 0.0679. The second kappa shape index (κ2) is 7.06. The van der Waals surface area contributed by atoms with Crippen LogP contribution in [0.3, 0.4) is 0 Å². The first-order valence-electron chi connectivity index (χ1n) is 8.49. The highest BCUT2D eigenvalue weighted by molar-refractivity contribution is 5.85. The van der Waals surface area contributed by atoms with Crippen molar-refractivity contribution in [3.8, 4) is 5.75 Å². The van der Waals surface area contributed by atoms with Gasteiger partial charge in [0.25, 0.3) is 0 Å². The molecule has 130 valence electrons. The van der Waals surface area contributed by atoms with Gasteiger partial charge in [0.05, 0.1) is 17.7 Å². The Bertz CT molecular complexity index is 840. The number of rotatable bonds is 6. The molecular formula is C18H21N5O2. The largest absolute Gasteiger partial charge is 0.491 e. The van der Waals surface area contributed by atoms with Gasteiger partial charge in [-0.05, 0) is 30.5 Å². The summed E-state index contributed by atoms with van der Waals surface area (Å²) in [6.45, 7) is 2.15. The molecule has 0 bridgehead atoms. The van der Waals surface area contributed by atoms with Gasteiger partial charge >= 0.3 is 0 Å². The molecule has 0 saturated carbocycles. The minimum atomic E-state index is 0.237. The van der Waals surface area contributed by atoms with E-state index < -0.39 is 0 Å². The van der Waals surface area contributed by atoms with Crippen molar-refractivity contribution in [1.29, 1.82) is 0 Å². The molecule has 1 aliphatic heterocycles. The third-order valence-electron chi connectivity index (χ3n) is 4.37. The standard InChI is InChI=1S/C18H21N5O2/c1-23-18-16(10-22-23)17(20-12-21-18)19-9-13-4-6-14(7-5-13)25-11-15-3-2-8-24-15/h4-7,10,12,15H,2-3,8-9,11H2,1H3,(H,19,20,21)/t15-/m1/s1. The number of fused-ring (bicyclic) bond motifs is 1. The van der Waals surface area contributed by atoms with Crippen molar-refractivity contribution in [2.45, 2.75) is 25.5 Å². The Morgan fingerprint density at radius 1 is 1.28 bits per heavy atom. The van der Waals surface area contributed by atoms with Gasteiger partial charge in [-0.1, -0.05) is 12.1 Å². The van der Waals surface area contributed by atoms with E-state index in [1.165, 1.54) is 0 Å². The Kier molecular flexibility index (Phi) is 4.47. The Morgan fingerprint density at radius 3 is 2.96 bits per heavy atom. The number of nitrogens with zero attached hydrogens (tertiary/aromatic N) is 4. The molecule has 1 aliphatic rings. The predicted molar refractivity (Wildman–Crippen MR) is 94.5 cm³/mol. The number of hydrogen-bond acceptors (Lipinski definition) is 6. The SMILES string of the molecule is Cn1ncc2c(NCc3ccc(OC[C@H]4CCCO4)cc3)ncnc21. The van der Waals surface area contributed by atoms with Crippen LogP contribution in [0.2, 0.25) is 0 Å². The van der Waals surface area contributed by atoms with Crippen LogP contribution < -0.4 is 10.1 Å². The van der Waals surface area contributed by atoms with Crippen LogP contribution in [-0.2, 0) is 18.3 Å². The van der Waals surface area contributed by atoms with Gasteiger partial charge in [0.15, 0.2) is 5.65 Å². The molecule has 3 aromatic rings. The number of benzene rings is 1. The molecular weight excluding hydrogens is 318 g/mol. The van der Waals surface area contributed by atoms with E-state index in [1.807, 2.05) is 19.2 Å². The summed E-state index contributed by atoms with van der Waals surface area (Å²) in [4.78, 5) is 8.56. The van der Waals surface area contributed by atoms with E-state index in [0.29, 0.717) is 13.2 Å². The average molecular weight is 339 g/mol. The molecule has 0 aliphatic carbocycles. The third-order valence-corrected chi connectivity index (χ3v) is 4.37. The van der Waals surface area contributed by atoms with Gasteiger partial charge in [-0.15, -0.1) is 0 Å². The average Bonchev–Trinajstić information content (AvgIpc) is 3.30. The highest BCUT2D eigenvalue weighted by atomic mass is 16.5. The maximum atomic E-state index is 5.79. The molecule has 2 aromatic heterocycles. The molecule has 25 heavy (non-hydrogen) atoms. The molecule has 1 N–H and O–H groups in total. The summed E-state index contributed by atoms with van der Waals surface area (Å²) >= 11 is 0. The number of aryl methyl sites for hydroxylation is 1. The van der Waals surface area contributed by atoms with E-state index in [9.17, 15) is 0 Å². The molecule has 1 saturated heterocycles. The van der Waals surface area contributed by atoms with Crippen LogP contribution in [-0.4, -0.2) is 39.1 Å². The fraction of sp³-hybridized carbons (Fsp3) is 0.389. The first-order valence-corrected chi connectivity index (χ1v) is 8.49. The zero-order valence-electron chi connectivity index (χ0n) is 14.2. The Labute approximate surface area is 146 Å². The van der Waals surface area contributed by atoms with E-state index in [1.54, 1.807) is 17.2 Å². The summed E-state index contributed by atoms with van der Waals surface area (Å²) in [6.07, 6.45) is 5.78. The smallest absolute Gasteiger partial charge is 0.163 e. The van der Waals surface area contributed by atoms with Crippen LogP contribution in [0.25, 0.3) is 11.0 Å². The molecule has 0 radical (unpaired) electrons. The third kappa shape index (κ3) is 3.56. The van der Waals surface area contributed by atoms with E-state index in [2.05, 4.69) is 32.5 Å². The summed E-state index contributed by atoms with van der Waals surface area (Å²) in [7, 11) is 1.87. The van der Waals surface area contributed by atoms with Crippen molar-refractivity contribution < 1.29 is 9.47 Å². The Hall–Kier alpha value is -2.67. The molecule has 0 spiro atoms. The molecule has 1 fully saturated rings. The van der Waals surface area contributed by atoms with Crippen LogP contribution in [0.5, 0.6) is 5.75 Å². The number of ether oxygens (including phenoxy) is 2. The van der Waals surface area contributed by atoms with Crippen molar-refractivity contribution in [1.82, 2.24) is 19.7 Å². The van der Waals surface area contributed by atoms with E-state index in [0.717, 1.165) is 47.6 Å². The van der Waals surface area contributed by atoms with Gasteiger partial charge in [0.2, 0.25) is 0 Å². The zero-order chi connectivity index (χ0) is 17.1. The van der Waals surface area contributed by atoms with Crippen molar-refractivity contribution >= 4 is 16.9 Å². The molecule has 4 rings (SSSR count). The second-order valence-corrected chi connectivity index (χ2v) is 6.17. The second-order valence-electron chi connectivity index (χ2n) is 6.17. The first-order chi connectivity index (χ1) is 12.3. The van der Waals surface area contributed by atoms with Gasteiger partial charge in [0, 0.05) is 20.2 Å². The molecule has 1 aromatic carbocycles. The monoisotopic (exact) mass is 339 g/mol. The molecule has 7 heteroatoms. The maximum Gasteiger partial charge on any atom is 0.163 e. The maximum absolute atomic E-state index is 5.79. The lowest BCUT2D eigenvalue weighted by Crippen LogP contribution is -2.16. The van der Waals surface area contributed by atoms with E-state index in [4.69, 9.17) is 9.47 Å². The lowest BCUT2D eigenvalue weighted by Gasteiger charge is -2.12. The van der Waals surface area contributed by atoms with Crippen LogP contribution in [0, 0.1) is 0 Å². The van der Waals surface area contributed by atoms with Crippen molar-refractivity contribution in [2.75, 3.05) is 18.5 Å². The predicted octanol–water partition coefficient (Wildman–Crippen LogP) is 2.53. The summed E-state index contributed by atoms with van der Waals surface area (Å²) in [5, 5.41) is 8.49. The molecule has 0 unspecified atom stereocenters.